The van der Waals surface area contributed by atoms with E-state index in [1.165, 1.54) is 16.2 Å². The fraction of sp³-hybridized carbons (Fsp3) is 0.750. The van der Waals surface area contributed by atoms with E-state index in [4.69, 9.17) is 0 Å². The SMILES string of the molecule is CCCNC1CC(C)(C)Cc2[nH]c(=O)sc21. The summed E-state index contributed by atoms with van der Waals surface area (Å²) in [6, 6.07) is 0.364. The Balaban J connectivity index is 2.28. The molecule has 1 aliphatic carbocycles. The molecule has 0 aliphatic heterocycles. The monoisotopic (exact) mass is 240 g/mol. The third-order valence-electron chi connectivity index (χ3n) is 3.12. The minimum absolute atomic E-state index is 0.0889. The minimum Gasteiger partial charge on any atom is -0.316 e. The Morgan fingerprint density at radius 1 is 1.56 bits per heavy atom. The lowest BCUT2D eigenvalue weighted by molar-refractivity contribution is 0.258. The fourth-order valence-electron chi connectivity index (χ4n) is 2.46. The van der Waals surface area contributed by atoms with Crippen molar-refractivity contribution in [2.45, 2.75) is 46.1 Å². The van der Waals surface area contributed by atoms with Crippen LogP contribution in [0.15, 0.2) is 4.79 Å². The summed E-state index contributed by atoms with van der Waals surface area (Å²) in [4.78, 5) is 15.7. The van der Waals surface area contributed by atoms with Crippen molar-refractivity contribution in [2.75, 3.05) is 6.54 Å². The van der Waals surface area contributed by atoms with E-state index in [1.54, 1.807) is 0 Å². The maximum absolute atomic E-state index is 11.4. The molecule has 0 saturated heterocycles. The number of H-pyrrole nitrogens is 1. The second-order valence-electron chi connectivity index (χ2n) is 5.41. The molecule has 0 radical (unpaired) electrons. The first kappa shape index (κ1) is 11.9. The summed E-state index contributed by atoms with van der Waals surface area (Å²) in [6.07, 6.45) is 3.24. The molecular weight excluding hydrogens is 220 g/mol. The first-order valence-corrected chi connectivity index (χ1v) is 6.79. The molecule has 0 amide bonds. The number of thiazole rings is 1. The van der Waals surface area contributed by atoms with Gasteiger partial charge >= 0.3 is 4.87 Å². The Kier molecular flexibility index (Phi) is 3.22. The highest BCUT2D eigenvalue weighted by Gasteiger charge is 2.33. The van der Waals surface area contributed by atoms with Gasteiger partial charge in [-0.1, -0.05) is 32.1 Å². The molecule has 1 aromatic rings. The van der Waals surface area contributed by atoms with Crippen LogP contribution in [0.5, 0.6) is 0 Å². The van der Waals surface area contributed by atoms with Crippen molar-refractivity contribution in [2.24, 2.45) is 5.41 Å². The van der Waals surface area contributed by atoms with Gasteiger partial charge in [0.2, 0.25) is 0 Å². The van der Waals surface area contributed by atoms with E-state index in [9.17, 15) is 4.79 Å². The van der Waals surface area contributed by atoms with Gasteiger partial charge in [0.25, 0.3) is 0 Å². The van der Waals surface area contributed by atoms with Crippen LogP contribution in [0.3, 0.4) is 0 Å². The number of hydrogen-bond donors (Lipinski definition) is 2. The van der Waals surface area contributed by atoms with Crippen LogP contribution in [0.1, 0.15) is 50.2 Å². The minimum atomic E-state index is 0.0889. The molecule has 16 heavy (non-hydrogen) atoms. The van der Waals surface area contributed by atoms with Crippen molar-refractivity contribution in [1.29, 1.82) is 0 Å². The Morgan fingerprint density at radius 2 is 2.31 bits per heavy atom. The molecular formula is C12H20N2OS. The predicted octanol–water partition coefficient (Wildman–Crippen LogP) is 2.45. The number of hydrogen-bond acceptors (Lipinski definition) is 3. The van der Waals surface area contributed by atoms with Gasteiger partial charge in [-0.25, -0.2) is 0 Å². The number of aromatic amines is 1. The quantitative estimate of drug-likeness (QED) is 0.852. The largest absolute Gasteiger partial charge is 0.316 e. The molecule has 90 valence electrons. The van der Waals surface area contributed by atoms with Gasteiger partial charge in [0.15, 0.2) is 0 Å². The highest BCUT2D eigenvalue weighted by molar-refractivity contribution is 7.09. The third-order valence-corrected chi connectivity index (χ3v) is 4.16. The maximum Gasteiger partial charge on any atom is 0.304 e. The van der Waals surface area contributed by atoms with Crippen molar-refractivity contribution in [3.8, 4) is 0 Å². The second-order valence-corrected chi connectivity index (χ2v) is 6.42. The number of fused-ring (bicyclic) bond motifs is 1. The molecule has 3 nitrogen and oxygen atoms in total. The summed E-state index contributed by atoms with van der Waals surface area (Å²) >= 11 is 1.38. The van der Waals surface area contributed by atoms with E-state index in [1.807, 2.05) is 0 Å². The van der Waals surface area contributed by atoms with Crippen LogP contribution in [0.25, 0.3) is 0 Å². The highest BCUT2D eigenvalue weighted by Crippen LogP contribution is 2.40. The first-order valence-electron chi connectivity index (χ1n) is 5.97. The Hall–Kier alpha value is -0.610. The van der Waals surface area contributed by atoms with Crippen LogP contribution in [-0.2, 0) is 6.42 Å². The van der Waals surface area contributed by atoms with Gasteiger partial charge in [0.1, 0.15) is 0 Å². The van der Waals surface area contributed by atoms with Crippen LogP contribution in [0, 0.1) is 5.41 Å². The molecule has 0 bridgehead atoms. The van der Waals surface area contributed by atoms with Crippen molar-refractivity contribution in [1.82, 2.24) is 10.3 Å². The van der Waals surface area contributed by atoms with E-state index in [0.29, 0.717) is 6.04 Å². The highest BCUT2D eigenvalue weighted by atomic mass is 32.1. The van der Waals surface area contributed by atoms with E-state index in [0.717, 1.165) is 31.5 Å². The fourth-order valence-corrected chi connectivity index (χ4v) is 3.39. The zero-order chi connectivity index (χ0) is 11.8. The standard InChI is InChI=1S/C12H20N2OS/c1-4-5-13-8-6-12(2,3)7-9-10(8)16-11(15)14-9/h8,13H,4-7H2,1-3H3,(H,14,15). The van der Waals surface area contributed by atoms with Crippen LogP contribution in [0.2, 0.25) is 0 Å². The Bertz CT molecular complexity index is 419. The smallest absolute Gasteiger partial charge is 0.304 e. The van der Waals surface area contributed by atoms with Crippen LogP contribution in [0.4, 0.5) is 0 Å². The molecule has 2 rings (SSSR count). The van der Waals surface area contributed by atoms with Crippen molar-refractivity contribution in [3.05, 3.63) is 20.2 Å². The number of nitrogens with one attached hydrogen (secondary N) is 2. The summed E-state index contributed by atoms with van der Waals surface area (Å²) in [5.41, 5.74) is 1.43. The normalized spacial score (nSPS) is 23.1. The zero-order valence-corrected chi connectivity index (χ0v) is 11.0. The third kappa shape index (κ3) is 2.38. The molecule has 0 saturated carbocycles. The average Bonchev–Trinajstić information content (AvgIpc) is 2.53. The molecule has 1 unspecified atom stereocenters. The van der Waals surface area contributed by atoms with Gasteiger partial charge in [0, 0.05) is 16.6 Å². The predicted molar refractivity (Wildman–Crippen MR) is 68.1 cm³/mol. The lowest BCUT2D eigenvalue weighted by Crippen LogP contribution is -2.33. The van der Waals surface area contributed by atoms with E-state index >= 15 is 0 Å². The first-order chi connectivity index (χ1) is 7.52. The number of aromatic nitrogens is 1. The van der Waals surface area contributed by atoms with Gasteiger partial charge < -0.3 is 10.3 Å². The topological polar surface area (TPSA) is 44.9 Å². The molecule has 1 aromatic heterocycles. The van der Waals surface area contributed by atoms with E-state index in [-0.39, 0.29) is 10.3 Å². The maximum atomic E-state index is 11.4. The Labute approximate surface area is 100 Å². The van der Waals surface area contributed by atoms with E-state index in [2.05, 4.69) is 31.1 Å². The summed E-state index contributed by atoms with van der Waals surface area (Å²) in [6.45, 7) is 7.73. The molecule has 1 heterocycles. The lowest BCUT2D eigenvalue weighted by atomic mass is 9.76. The summed E-state index contributed by atoms with van der Waals surface area (Å²) in [5, 5.41) is 3.55. The van der Waals surface area contributed by atoms with Crippen LogP contribution in [-0.4, -0.2) is 11.5 Å². The zero-order valence-electron chi connectivity index (χ0n) is 10.2. The van der Waals surface area contributed by atoms with Gasteiger partial charge in [-0.2, -0.15) is 0 Å². The lowest BCUT2D eigenvalue weighted by Gasteiger charge is -2.35. The van der Waals surface area contributed by atoms with Gasteiger partial charge in [-0.15, -0.1) is 0 Å². The van der Waals surface area contributed by atoms with Crippen molar-refractivity contribution in [3.63, 3.8) is 0 Å². The molecule has 1 aliphatic rings. The summed E-state index contributed by atoms with van der Waals surface area (Å²) in [7, 11) is 0. The molecule has 0 fully saturated rings. The average molecular weight is 240 g/mol. The molecule has 4 heteroatoms. The van der Waals surface area contributed by atoms with E-state index < -0.39 is 0 Å². The summed E-state index contributed by atoms with van der Waals surface area (Å²) < 4.78 is 0. The molecule has 0 spiro atoms. The van der Waals surface area contributed by atoms with Crippen molar-refractivity contribution < 1.29 is 0 Å². The molecule has 0 aromatic carbocycles. The van der Waals surface area contributed by atoms with Gasteiger partial charge in [-0.3, -0.25) is 4.79 Å². The van der Waals surface area contributed by atoms with Crippen LogP contribution >= 0.6 is 11.3 Å². The van der Waals surface area contributed by atoms with Gasteiger partial charge in [-0.05, 0) is 31.2 Å². The number of rotatable bonds is 3. The molecule has 2 N–H and O–H groups in total. The van der Waals surface area contributed by atoms with Gasteiger partial charge in [0.05, 0.1) is 0 Å². The van der Waals surface area contributed by atoms with Crippen LogP contribution < -0.4 is 10.2 Å². The van der Waals surface area contributed by atoms with Crippen molar-refractivity contribution >= 4 is 11.3 Å². The molecule has 1 atom stereocenters. The summed E-state index contributed by atoms with van der Waals surface area (Å²) in [5.74, 6) is 0. The Morgan fingerprint density at radius 3 is 3.00 bits per heavy atom. The second kappa shape index (κ2) is 4.34.